The van der Waals surface area contributed by atoms with Crippen molar-refractivity contribution in [2.24, 2.45) is 0 Å². The lowest BCUT2D eigenvalue weighted by Gasteiger charge is -2.32. The standard InChI is InChI=1S/C14H17BBrN3O2/c1-13(2)14(3,4)21-15(20-13)11-6-5-7-12(18-11)19-9-10(16)8-17-19/h5-9H,1-4H3/i5D,6D,7D,8D,9D. The lowest BCUT2D eigenvalue weighted by atomic mass is 9.84. The monoisotopic (exact) mass is 354 g/mol. The normalized spacial score (nSPS) is 23.3. The molecule has 110 valence electrons. The zero-order valence-electron chi connectivity index (χ0n) is 17.1. The Morgan fingerprint density at radius 1 is 1.24 bits per heavy atom. The Morgan fingerprint density at radius 2 is 1.90 bits per heavy atom. The second kappa shape index (κ2) is 4.93. The van der Waals surface area contributed by atoms with Crippen molar-refractivity contribution in [3.05, 3.63) is 34.9 Å². The fourth-order valence-electron chi connectivity index (χ4n) is 1.83. The fourth-order valence-corrected chi connectivity index (χ4v) is 2.07. The van der Waals surface area contributed by atoms with E-state index in [9.17, 15) is 0 Å². The van der Waals surface area contributed by atoms with Gasteiger partial charge in [0.15, 0.2) is 5.82 Å². The van der Waals surface area contributed by atoms with Crippen molar-refractivity contribution in [2.45, 2.75) is 38.9 Å². The van der Waals surface area contributed by atoms with Gasteiger partial charge in [0.05, 0.1) is 34.3 Å². The first kappa shape index (κ1) is 9.76. The zero-order chi connectivity index (χ0) is 19.6. The van der Waals surface area contributed by atoms with Crippen molar-refractivity contribution in [3.8, 4) is 5.82 Å². The first-order valence-electron chi connectivity index (χ1n) is 8.93. The largest absolute Gasteiger partial charge is 0.514 e. The number of nitrogens with zero attached hydrogens (tertiary/aromatic N) is 3. The third-order valence-electron chi connectivity index (χ3n) is 3.72. The van der Waals surface area contributed by atoms with Crippen LogP contribution in [0.15, 0.2) is 34.9 Å². The lowest BCUT2D eigenvalue weighted by molar-refractivity contribution is 0.00578. The lowest BCUT2D eigenvalue weighted by Crippen LogP contribution is -2.41. The van der Waals surface area contributed by atoms with Crippen LogP contribution in [0.2, 0.25) is 0 Å². The molecule has 2 aromatic rings. The van der Waals surface area contributed by atoms with Gasteiger partial charge in [-0.05, 0) is 55.7 Å². The van der Waals surface area contributed by atoms with Crippen LogP contribution in [0.4, 0.5) is 0 Å². The van der Waals surface area contributed by atoms with Gasteiger partial charge in [0.2, 0.25) is 0 Å². The summed E-state index contributed by atoms with van der Waals surface area (Å²) < 4.78 is 53.0. The molecule has 0 bridgehead atoms. The number of halogens is 1. The Bertz CT molecular complexity index is 889. The quantitative estimate of drug-likeness (QED) is 0.776. The number of pyridine rings is 1. The molecule has 1 aliphatic heterocycles. The van der Waals surface area contributed by atoms with Gasteiger partial charge >= 0.3 is 7.12 Å². The third-order valence-corrected chi connectivity index (χ3v) is 4.08. The summed E-state index contributed by atoms with van der Waals surface area (Å²) in [5, 5.41) is 3.88. The van der Waals surface area contributed by atoms with Gasteiger partial charge in [-0.3, -0.25) is 0 Å². The SMILES string of the molecule is [2H]c1nn(-c2nc(B3OC(C)(C)C(C)(C)O3)c([2H])c([2H])c2[2H])c([2H])c1Br. The molecule has 1 aliphatic rings. The summed E-state index contributed by atoms with van der Waals surface area (Å²) in [6, 6.07) is -1.02. The summed E-state index contributed by atoms with van der Waals surface area (Å²) in [6.07, 6.45) is -0.358. The summed E-state index contributed by atoms with van der Waals surface area (Å²) in [5.41, 5.74) is -1.27. The van der Waals surface area contributed by atoms with Crippen molar-refractivity contribution in [2.75, 3.05) is 0 Å². The highest BCUT2D eigenvalue weighted by atomic mass is 79.9. The summed E-state index contributed by atoms with van der Waals surface area (Å²) in [6.45, 7) is 7.43. The molecule has 3 rings (SSSR count). The van der Waals surface area contributed by atoms with E-state index in [-0.39, 0.29) is 46.4 Å². The van der Waals surface area contributed by atoms with Crippen LogP contribution >= 0.6 is 15.9 Å². The van der Waals surface area contributed by atoms with Gasteiger partial charge in [0.25, 0.3) is 0 Å². The van der Waals surface area contributed by atoms with Gasteiger partial charge in [0, 0.05) is 6.17 Å². The highest BCUT2D eigenvalue weighted by Gasteiger charge is 2.52. The molecule has 0 saturated carbocycles. The third kappa shape index (κ3) is 2.65. The van der Waals surface area contributed by atoms with Crippen molar-refractivity contribution in [1.29, 1.82) is 0 Å². The molecule has 0 aliphatic carbocycles. The molecule has 0 aromatic carbocycles. The Labute approximate surface area is 140 Å². The van der Waals surface area contributed by atoms with E-state index < -0.39 is 18.3 Å². The minimum Gasteiger partial charge on any atom is -0.398 e. The topological polar surface area (TPSA) is 49.2 Å². The van der Waals surface area contributed by atoms with Crippen LogP contribution in [0.5, 0.6) is 0 Å². The second-order valence-electron chi connectivity index (χ2n) is 5.73. The van der Waals surface area contributed by atoms with Gasteiger partial charge in [-0.1, -0.05) is 6.04 Å². The maximum Gasteiger partial charge on any atom is 0.514 e. The van der Waals surface area contributed by atoms with Gasteiger partial charge in [-0.2, -0.15) is 5.10 Å². The molecule has 2 aromatic heterocycles. The molecule has 1 fully saturated rings. The highest BCUT2D eigenvalue weighted by molar-refractivity contribution is 9.10. The van der Waals surface area contributed by atoms with E-state index >= 15 is 0 Å². The Hall–Kier alpha value is -1.18. The van der Waals surface area contributed by atoms with Crippen LogP contribution in [-0.2, 0) is 9.31 Å². The van der Waals surface area contributed by atoms with Crippen LogP contribution < -0.4 is 5.59 Å². The Kier molecular flexibility index (Phi) is 2.29. The van der Waals surface area contributed by atoms with E-state index in [2.05, 4.69) is 26.0 Å². The number of hydrogen-bond donors (Lipinski definition) is 0. The first-order chi connectivity index (χ1) is 11.9. The van der Waals surface area contributed by atoms with E-state index in [0.717, 1.165) is 4.68 Å². The number of aromatic nitrogens is 3. The van der Waals surface area contributed by atoms with Gasteiger partial charge < -0.3 is 9.31 Å². The molecule has 3 heterocycles. The van der Waals surface area contributed by atoms with E-state index in [1.54, 1.807) is 0 Å². The summed E-state index contributed by atoms with van der Waals surface area (Å²) in [4.78, 5) is 4.26. The van der Waals surface area contributed by atoms with E-state index in [1.165, 1.54) is 0 Å². The Morgan fingerprint density at radius 3 is 2.48 bits per heavy atom. The van der Waals surface area contributed by atoms with Crippen LogP contribution in [0.25, 0.3) is 5.82 Å². The van der Waals surface area contributed by atoms with E-state index in [4.69, 9.17) is 16.2 Å². The molecule has 7 heteroatoms. The molecule has 0 unspecified atom stereocenters. The van der Waals surface area contributed by atoms with Crippen LogP contribution in [0.3, 0.4) is 0 Å². The van der Waals surface area contributed by atoms with Gasteiger partial charge in [-0.15, -0.1) is 0 Å². The summed E-state index contributed by atoms with van der Waals surface area (Å²) in [5.74, 6) is -0.125. The van der Waals surface area contributed by atoms with Crippen molar-refractivity contribution >= 4 is 28.6 Å². The predicted octanol–water partition coefficient (Wildman–Crippen LogP) is 2.33. The van der Waals surface area contributed by atoms with Crippen LogP contribution in [0.1, 0.15) is 34.5 Å². The molecule has 0 amide bonds. The van der Waals surface area contributed by atoms with Crippen molar-refractivity contribution < 1.29 is 16.2 Å². The number of rotatable bonds is 2. The average molecular weight is 355 g/mol. The fraction of sp³-hybridized carbons (Fsp3) is 0.429. The van der Waals surface area contributed by atoms with E-state index in [1.807, 2.05) is 27.7 Å². The smallest absolute Gasteiger partial charge is 0.398 e. The second-order valence-corrected chi connectivity index (χ2v) is 6.53. The van der Waals surface area contributed by atoms with Crippen LogP contribution in [0, 0.1) is 0 Å². The minimum atomic E-state index is -0.986. The highest BCUT2D eigenvalue weighted by Crippen LogP contribution is 2.36. The van der Waals surface area contributed by atoms with Gasteiger partial charge in [0.1, 0.15) is 0 Å². The molecule has 0 N–H and O–H groups in total. The Balaban J connectivity index is 2.17. The number of hydrogen-bond acceptors (Lipinski definition) is 4. The predicted molar refractivity (Wildman–Crippen MR) is 84.8 cm³/mol. The molecular formula is C14H17BBrN3O2. The summed E-state index contributed by atoms with van der Waals surface area (Å²) >= 11 is 3.09. The van der Waals surface area contributed by atoms with Gasteiger partial charge in [-0.25, -0.2) is 9.67 Å². The molecule has 0 radical (unpaired) electrons. The molecule has 5 nitrogen and oxygen atoms in total. The van der Waals surface area contributed by atoms with Crippen molar-refractivity contribution in [3.63, 3.8) is 0 Å². The average Bonchev–Trinajstić information content (AvgIpc) is 2.91. The molecule has 21 heavy (non-hydrogen) atoms. The minimum absolute atomic E-state index is 0.0391. The zero-order valence-corrected chi connectivity index (χ0v) is 13.7. The molecule has 1 saturated heterocycles. The molecule has 0 spiro atoms. The maximum absolute atomic E-state index is 8.17. The first-order valence-corrected chi connectivity index (χ1v) is 7.22. The summed E-state index contributed by atoms with van der Waals surface area (Å²) in [7, 11) is -0.986. The van der Waals surface area contributed by atoms with Crippen LogP contribution in [-0.4, -0.2) is 33.1 Å². The van der Waals surface area contributed by atoms with E-state index in [0.29, 0.717) is 0 Å². The van der Waals surface area contributed by atoms with Crippen molar-refractivity contribution in [1.82, 2.24) is 14.8 Å². The molecule has 0 atom stereocenters. The maximum atomic E-state index is 8.17. The molecular weight excluding hydrogens is 333 g/mol.